The Kier molecular flexibility index (Phi) is 19.5. The molecule has 0 aliphatic rings. The maximum absolute atomic E-state index is 12.3. The molecule has 0 N–H and O–H groups in total. The van der Waals surface area contributed by atoms with Crippen LogP contribution in [0.1, 0.15) is 153 Å². The summed E-state index contributed by atoms with van der Waals surface area (Å²) in [7, 11) is 0. The van der Waals surface area contributed by atoms with Gasteiger partial charge in [-0.2, -0.15) is 0 Å². The van der Waals surface area contributed by atoms with Crippen molar-refractivity contribution in [2.75, 3.05) is 0 Å². The van der Waals surface area contributed by atoms with Crippen LogP contribution in [0.15, 0.2) is 18.2 Å². The summed E-state index contributed by atoms with van der Waals surface area (Å²) in [5.74, 6) is -0.213. The molecule has 0 saturated heterocycles. The van der Waals surface area contributed by atoms with Crippen molar-refractivity contribution in [3.63, 3.8) is 0 Å². The SMILES string of the molecule is CCCCCCCCCCCC(=O)Oc1ccc(C=O)c(OC(=O)CCCCCCCCCCC)c1. The first-order valence-electron chi connectivity index (χ1n) is 14.6. The third-order valence-corrected chi connectivity index (χ3v) is 6.54. The number of rotatable bonds is 23. The zero-order chi connectivity index (χ0) is 26.3. The number of hydrogen-bond donors (Lipinski definition) is 0. The first-order chi connectivity index (χ1) is 17.6. The number of benzene rings is 1. The minimum Gasteiger partial charge on any atom is -0.426 e. The van der Waals surface area contributed by atoms with Crippen molar-refractivity contribution in [3.8, 4) is 11.5 Å². The highest BCUT2D eigenvalue weighted by Gasteiger charge is 2.13. The molecule has 0 bridgehead atoms. The number of carbonyl (C=O) groups is 3. The van der Waals surface area contributed by atoms with E-state index in [4.69, 9.17) is 9.47 Å². The van der Waals surface area contributed by atoms with Crippen LogP contribution >= 0.6 is 0 Å². The Bertz CT molecular complexity index is 728. The van der Waals surface area contributed by atoms with E-state index in [1.54, 1.807) is 6.07 Å². The molecule has 0 aliphatic heterocycles. The van der Waals surface area contributed by atoms with Gasteiger partial charge >= 0.3 is 11.9 Å². The first-order valence-corrected chi connectivity index (χ1v) is 14.6. The number of ether oxygens (including phenoxy) is 2. The van der Waals surface area contributed by atoms with Gasteiger partial charge in [0.1, 0.15) is 11.5 Å². The molecule has 1 rings (SSSR count). The van der Waals surface area contributed by atoms with Gasteiger partial charge in [-0.3, -0.25) is 14.4 Å². The Morgan fingerprint density at radius 3 is 1.47 bits per heavy atom. The van der Waals surface area contributed by atoms with Crippen molar-refractivity contribution in [1.29, 1.82) is 0 Å². The number of aldehydes is 1. The molecule has 0 aliphatic carbocycles. The molecule has 1 aromatic rings. The summed E-state index contributed by atoms with van der Waals surface area (Å²) in [6.45, 7) is 4.45. The summed E-state index contributed by atoms with van der Waals surface area (Å²) in [6.07, 6.45) is 22.6. The van der Waals surface area contributed by atoms with Crippen LogP contribution in [0.3, 0.4) is 0 Å². The lowest BCUT2D eigenvalue weighted by molar-refractivity contribution is -0.135. The summed E-state index contributed by atoms with van der Waals surface area (Å²) < 4.78 is 10.9. The second-order valence-corrected chi connectivity index (χ2v) is 9.92. The second-order valence-electron chi connectivity index (χ2n) is 9.92. The van der Waals surface area contributed by atoms with E-state index < -0.39 is 0 Å². The third-order valence-electron chi connectivity index (χ3n) is 6.54. The first kappa shape index (κ1) is 31.9. The van der Waals surface area contributed by atoms with Crippen molar-refractivity contribution in [2.24, 2.45) is 0 Å². The normalized spacial score (nSPS) is 10.8. The van der Waals surface area contributed by atoms with Crippen molar-refractivity contribution < 1.29 is 23.9 Å². The second kappa shape index (κ2) is 22.1. The van der Waals surface area contributed by atoms with E-state index in [0.717, 1.165) is 38.5 Å². The van der Waals surface area contributed by atoms with Gasteiger partial charge in [-0.05, 0) is 25.0 Å². The average molecular weight is 503 g/mol. The molecular weight excluding hydrogens is 452 g/mol. The van der Waals surface area contributed by atoms with Gasteiger partial charge in [0.25, 0.3) is 0 Å². The topological polar surface area (TPSA) is 69.7 Å². The van der Waals surface area contributed by atoms with Crippen LogP contribution in [0.25, 0.3) is 0 Å². The molecule has 5 heteroatoms. The Balaban J connectivity index is 2.28. The van der Waals surface area contributed by atoms with Crippen LogP contribution in [-0.2, 0) is 9.59 Å². The van der Waals surface area contributed by atoms with Crippen LogP contribution in [0, 0.1) is 0 Å². The van der Waals surface area contributed by atoms with Gasteiger partial charge in [-0.15, -0.1) is 0 Å². The maximum Gasteiger partial charge on any atom is 0.311 e. The molecule has 0 radical (unpaired) electrons. The zero-order valence-corrected chi connectivity index (χ0v) is 23.0. The van der Waals surface area contributed by atoms with Crippen LogP contribution in [0.2, 0.25) is 0 Å². The van der Waals surface area contributed by atoms with E-state index in [2.05, 4.69) is 13.8 Å². The number of hydrogen-bond acceptors (Lipinski definition) is 5. The minimum atomic E-state index is -0.362. The molecule has 36 heavy (non-hydrogen) atoms. The summed E-state index contributed by atoms with van der Waals surface area (Å²) in [5, 5.41) is 0. The van der Waals surface area contributed by atoms with Gasteiger partial charge in [0.2, 0.25) is 0 Å². The Morgan fingerprint density at radius 1 is 0.611 bits per heavy atom. The van der Waals surface area contributed by atoms with Gasteiger partial charge in [-0.1, -0.05) is 117 Å². The number of unbranched alkanes of at least 4 members (excludes halogenated alkanes) is 16. The van der Waals surface area contributed by atoms with E-state index in [1.165, 1.54) is 89.2 Å². The third kappa shape index (κ3) is 16.5. The average Bonchev–Trinajstić information content (AvgIpc) is 2.87. The summed E-state index contributed by atoms with van der Waals surface area (Å²) in [4.78, 5) is 35.9. The van der Waals surface area contributed by atoms with Crippen molar-refractivity contribution in [3.05, 3.63) is 23.8 Å². The van der Waals surface area contributed by atoms with E-state index >= 15 is 0 Å². The van der Waals surface area contributed by atoms with E-state index in [1.807, 2.05) is 0 Å². The minimum absolute atomic E-state index is 0.152. The lowest BCUT2D eigenvalue weighted by atomic mass is 10.1. The van der Waals surface area contributed by atoms with Gasteiger partial charge in [0, 0.05) is 18.9 Å². The number of esters is 2. The van der Waals surface area contributed by atoms with Crippen LogP contribution in [0.5, 0.6) is 11.5 Å². The summed E-state index contributed by atoms with van der Waals surface area (Å²) in [6, 6.07) is 4.55. The van der Waals surface area contributed by atoms with Gasteiger partial charge in [0.05, 0.1) is 5.56 Å². The van der Waals surface area contributed by atoms with E-state index in [0.29, 0.717) is 24.9 Å². The van der Waals surface area contributed by atoms with Gasteiger partial charge in [-0.25, -0.2) is 0 Å². The smallest absolute Gasteiger partial charge is 0.311 e. The van der Waals surface area contributed by atoms with Crippen molar-refractivity contribution in [1.82, 2.24) is 0 Å². The van der Waals surface area contributed by atoms with E-state index in [-0.39, 0.29) is 23.3 Å². The van der Waals surface area contributed by atoms with Crippen LogP contribution in [0.4, 0.5) is 0 Å². The molecule has 0 amide bonds. The summed E-state index contributed by atoms with van der Waals surface area (Å²) >= 11 is 0. The Hall–Kier alpha value is -2.17. The number of carbonyl (C=O) groups excluding carboxylic acids is 3. The van der Waals surface area contributed by atoms with Crippen molar-refractivity contribution in [2.45, 2.75) is 142 Å². The maximum atomic E-state index is 12.3. The standard InChI is InChI=1S/C31H50O5/c1-3-5-7-9-11-13-15-17-19-21-30(33)35-28-24-23-27(26-32)29(25-28)36-31(34)22-20-18-16-14-12-10-8-6-4-2/h23-26H,3-22H2,1-2H3. The zero-order valence-electron chi connectivity index (χ0n) is 23.0. The Morgan fingerprint density at radius 2 is 1.03 bits per heavy atom. The van der Waals surface area contributed by atoms with Gasteiger partial charge < -0.3 is 9.47 Å². The molecule has 0 fully saturated rings. The van der Waals surface area contributed by atoms with Crippen LogP contribution in [-0.4, -0.2) is 18.2 Å². The molecule has 0 heterocycles. The fraction of sp³-hybridized carbons (Fsp3) is 0.710. The highest BCUT2D eigenvalue weighted by Crippen LogP contribution is 2.25. The highest BCUT2D eigenvalue weighted by atomic mass is 16.5. The molecular formula is C31H50O5. The largest absolute Gasteiger partial charge is 0.426 e. The fourth-order valence-corrected chi connectivity index (χ4v) is 4.28. The van der Waals surface area contributed by atoms with Gasteiger partial charge in [0.15, 0.2) is 6.29 Å². The molecule has 0 unspecified atom stereocenters. The lowest BCUT2D eigenvalue weighted by Crippen LogP contribution is -2.11. The molecule has 5 nitrogen and oxygen atoms in total. The predicted molar refractivity (Wildman–Crippen MR) is 147 cm³/mol. The predicted octanol–water partition coefficient (Wildman–Crippen LogP) is 9.15. The monoisotopic (exact) mass is 502 g/mol. The lowest BCUT2D eigenvalue weighted by Gasteiger charge is -2.10. The quantitative estimate of drug-likeness (QED) is 0.0645. The Labute approximate surface area is 219 Å². The molecule has 0 saturated carbocycles. The fourth-order valence-electron chi connectivity index (χ4n) is 4.28. The molecule has 204 valence electrons. The van der Waals surface area contributed by atoms with Crippen molar-refractivity contribution >= 4 is 18.2 Å². The van der Waals surface area contributed by atoms with Crippen LogP contribution < -0.4 is 9.47 Å². The molecule has 0 aromatic heterocycles. The molecule has 0 atom stereocenters. The molecule has 1 aromatic carbocycles. The highest BCUT2D eigenvalue weighted by molar-refractivity contribution is 5.83. The van der Waals surface area contributed by atoms with E-state index in [9.17, 15) is 14.4 Å². The molecule has 0 spiro atoms. The summed E-state index contributed by atoms with van der Waals surface area (Å²) in [5.41, 5.74) is 0.272.